The smallest absolute Gasteiger partial charge is 0.273 e. The zero-order valence-corrected chi connectivity index (χ0v) is 15.7. The second-order valence-corrected chi connectivity index (χ2v) is 6.45. The highest BCUT2D eigenvalue weighted by Crippen LogP contribution is 2.21. The summed E-state index contributed by atoms with van der Waals surface area (Å²) in [6, 6.07) is 17.7. The molecule has 1 N–H and O–H groups in total. The Morgan fingerprint density at radius 2 is 1.69 bits per heavy atom. The van der Waals surface area contributed by atoms with Crippen LogP contribution < -0.4 is 10.1 Å². The molecule has 3 rings (SSSR count). The van der Waals surface area contributed by atoms with Crippen molar-refractivity contribution in [3.63, 3.8) is 0 Å². The van der Waals surface area contributed by atoms with Crippen LogP contribution in [0.2, 0.25) is 0 Å². The summed E-state index contributed by atoms with van der Waals surface area (Å²) in [5.74, 6) is -0.0118. The van der Waals surface area contributed by atoms with Crippen LogP contribution in [0.25, 0.3) is 0 Å². The maximum atomic E-state index is 12.9. The van der Waals surface area contributed by atoms with E-state index in [1.54, 1.807) is 37.3 Å². The van der Waals surface area contributed by atoms with Crippen molar-refractivity contribution in [1.29, 1.82) is 0 Å². The van der Waals surface area contributed by atoms with E-state index in [0.717, 1.165) is 11.1 Å². The molecule has 0 heterocycles. The lowest BCUT2D eigenvalue weighted by Crippen LogP contribution is -2.23. The Balaban J connectivity index is 1.56. The third kappa shape index (κ3) is 5.16. The number of amides is 1. The molecular weight excluding hydrogens is 375 g/mol. The minimum absolute atomic E-state index is 0.0830. The van der Waals surface area contributed by atoms with Crippen LogP contribution in [0, 0.1) is 22.9 Å². The molecule has 0 unspecified atom stereocenters. The fourth-order valence-corrected chi connectivity index (χ4v) is 2.80. The number of nitrogens with zero attached hydrogens (tertiary/aromatic N) is 1. The predicted molar refractivity (Wildman–Crippen MR) is 106 cm³/mol. The number of nitro groups is 1. The number of hydrogen-bond acceptors (Lipinski definition) is 4. The van der Waals surface area contributed by atoms with Gasteiger partial charge in [0.05, 0.1) is 4.92 Å². The van der Waals surface area contributed by atoms with Crippen LogP contribution in [-0.2, 0) is 13.2 Å². The van der Waals surface area contributed by atoms with Gasteiger partial charge in [-0.1, -0.05) is 30.3 Å². The van der Waals surface area contributed by atoms with Crippen molar-refractivity contribution in [3.05, 3.63) is 105 Å². The fraction of sp³-hybridized carbons (Fsp3) is 0.136. The number of carbonyl (C=O) groups excluding carboxylic acids is 1. The van der Waals surface area contributed by atoms with Crippen molar-refractivity contribution < 1.29 is 18.8 Å². The molecule has 1 amide bonds. The Bertz CT molecular complexity index is 1020. The van der Waals surface area contributed by atoms with Gasteiger partial charge in [-0.3, -0.25) is 14.9 Å². The second-order valence-electron chi connectivity index (χ2n) is 6.45. The Kier molecular flexibility index (Phi) is 6.19. The van der Waals surface area contributed by atoms with E-state index in [4.69, 9.17) is 4.74 Å². The molecule has 0 fully saturated rings. The van der Waals surface area contributed by atoms with E-state index in [-0.39, 0.29) is 29.5 Å². The first-order chi connectivity index (χ1) is 13.9. The van der Waals surface area contributed by atoms with E-state index in [1.165, 1.54) is 24.3 Å². The zero-order chi connectivity index (χ0) is 20.8. The number of ether oxygens (including phenoxy) is 1. The molecule has 0 aliphatic rings. The van der Waals surface area contributed by atoms with Crippen LogP contribution in [0.3, 0.4) is 0 Å². The van der Waals surface area contributed by atoms with Crippen molar-refractivity contribution in [3.8, 4) is 5.75 Å². The Morgan fingerprint density at radius 3 is 2.34 bits per heavy atom. The Labute approximate surface area is 167 Å². The molecule has 0 spiro atoms. The first-order valence-electron chi connectivity index (χ1n) is 8.92. The SMILES string of the molecule is Cc1c(C(=O)NCc2ccc(OCc3ccc(F)cc3)cc2)cccc1[N+](=O)[O-]. The molecule has 0 saturated heterocycles. The fourth-order valence-electron chi connectivity index (χ4n) is 2.80. The molecule has 3 aromatic carbocycles. The molecule has 7 heteroatoms. The van der Waals surface area contributed by atoms with Crippen molar-refractivity contribution in [2.24, 2.45) is 0 Å². The highest BCUT2D eigenvalue weighted by Gasteiger charge is 2.17. The summed E-state index contributed by atoms with van der Waals surface area (Å²) >= 11 is 0. The summed E-state index contributed by atoms with van der Waals surface area (Å²) < 4.78 is 18.6. The lowest BCUT2D eigenvalue weighted by atomic mass is 10.1. The zero-order valence-electron chi connectivity index (χ0n) is 15.7. The molecule has 3 aromatic rings. The highest BCUT2D eigenvalue weighted by atomic mass is 19.1. The van der Waals surface area contributed by atoms with E-state index >= 15 is 0 Å². The van der Waals surface area contributed by atoms with Crippen LogP contribution in [0.5, 0.6) is 5.75 Å². The number of carbonyl (C=O) groups is 1. The Hall–Kier alpha value is -3.74. The quantitative estimate of drug-likeness (QED) is 0.471. The topological polar surface area (TPSA) is 81.5 Å². The van der Waals surface area contributed by atoms with Gasteiger partial charge in [-0.15, -0.1) is 0 Å². The van der Waals surface area contributed by atoms with E-state index in [0.29, 0.717) is 17.9 Å². The van der Waals surface area contributed by atoms with Gasteiger partial charge in [0.15, 0.2) is 0 Å². The average molecular weight is 394 g/mol. The summed E-state index contributed by atoms with van der Waals surface area (Å²) in [5.41, 5.74) is 2.24. The minimum atomic E-state index is -0.503. The van der Waals surface area contributed by atoms with Gasteiger partial charge in [0.25, 0.3) is 11.6 Å². The summed E-state index contributed by atoms with van der Waals surface area (Å²) in [4.78, 5) is 22.9. The molecule has 0 atom stereocenters. The van der Waals surface area contributed by atoms with Gasteiger partial charge in [0, 0.05) is 23.7 Å². The molecule has 0 aromatic heterocycles. The van der Waals surface area contributed by atoms with Crippen molar-refractivity contribution in [1.82, 2.24) is 5.32 Å². The minimum Gasteiger partial charge on any atom is -0.489 e. The highest BCUT2D eigenvalue weighted by molar-refractivity contribution is 5.96. The van der Waals surface area contributed by atoms with E-state index in [1.807, 2.05) is 12.1 Å². The van der Waals surface area contributed by atoms with Gasteiger partial charge in [-0.25, -0.2) is 4.39 Å². The molecule has 148 valence electrons. The van der Waals surface area contributed by atoms with E-state index < -0.39 is 4.92 Å². The number of rotatable bonds is 7. The molecule has 0 radical (unpaired) electrons. The lowest BCUT2D eigenvalue weighted by molar-refractivity contribution is -0.385. The maximum absolute atomic E-state index is 12.9. The average Bonchev–Trinajstić information content (AvgIpc) is 2.72. The molecule has 0 saturated carbocycles. The van der Waals surface area contributed by atoms with Crippen molar-refractivity contribution in [2.75, 3.05) is 0 Å². The van der Waals surface area contributed by atoms with Crippen LogP contribution in [0.15, 0.2) is 66.7 Å². The summed E-state index contributed by atoms with van der Waals surface area (Å²) in [7, 11) is 0. The van der Waals surface area contributed by atoms with Gasteiger partial charge in [0.1, 0.15) is 18.2 Å². The van der Waals surface area contributed by atoms with E-state index in [2.05, 4.69) is 5.32 Å². The first kappa shape index (κ1) is 20.0. The number of nitrogens with one attached hydrogen (secondary N) is 1. The van der Waals surface area contributed by atoms with Gasteiger partial charge >= 0.3 is 0 Å². The third-order valence-corrected chi connectivity index (χ3v) is 4.44. The van der Waals surface area contributed by atoms with Crippen LogP contribution in [0.1, 0.15) is 27.0 Å². The molecule has 6 nitrogen and oxygen atoms in total. The van der Waals surface area contributed by atoms with Crippen molar-refractivity contribution >= 4 is 11.6 Å². The third-order valence-electron chi connectivity index (χ3n) is 4.44. The number of hydrogen-bond donors (Lipinski definition) is 1. The van der Waals surface area contributed by atoms with Gasteiger partial charge in [0.2, 0.25) is 0 Å². The first-order valence-corrected chi connectivity index (χ1v) is 8.92. The van der Waals surface area contributed by atoms with Crippen LogP contribution >= 0.6 is 0 Å². The second kappa shape index (κ2) is 8.97. The summed E-state index contributed by atoms with van der Waals surface area (Å²) in [6.45, 7) is 2.15. The largest absolute Gasteiger partial charge is 0.489 e. The van der Waals surface area contributed by atoms with Crippen LogP contribution in [0.4, 0.5) is 10.1 Å². The van der Waals surface area contributed by atoms with Gasteiger partial charge in [-0.05, 0) is 48.4 Å². The molecule has 0 aliphatic carbocycles. The molecule has 0 bridgehead atoms. The normalized spacial score (nSPS) is 10.4. The molecule has 0 aliphatic heterocycles. The number of benzene rings is 3. The van der Waals surface area contributed by atoms with Crippen LogP contribution in [-0.4, -0.2) is 10.8 Å². The lowest BCUT2D eigenvalue weighted by Gasteiger charge is -2.10. The van der Waals surface area contributed by atoms with Crippen molar-refractivity contribution in [2.45, 2.75) is 20.1 Å². The number of halogens is 1. The number of nitro benzene ring substituents is 1. The standard InChI is InChI=1S/C22H19FN2O4/c1-15-20(3-2-4-21(15)25(27)28)22(26)24-13-16-7-11-19(12-8-16)29-14-17-5-9-18(23)10-6-17/h2-12H,13-14H2,1H3,(H,24,26). The summed E-state index contributed by atoms with van der Waals surface area (Å²) in [6.07, 6.45) is 0. The summed E-state index contributed by atoms with van der Waals surface area (Å²) in [5, 5.41) is 13.8. The molecule has 29 heavy (non-hydrogen) atoms. The monoisotopic (exact) mass is 394 g/mol. The van der Waals surface area contributed by atoms with Gasteiger partial charge < -0.3 is 10.1 Å². The Morgan fingerprint density at radius 1 is 1.03 bits per heavy atom. The maximum Gasteiger partial charge on any atom is 0.273 e. The molecular formula is C22H19FN2O4. The predicted octanol–water partition coefficient (Wildman–Crippen LogP) is 4.55. The van der Waals surface area contributed by atoms with Gasteiger partial charge in [-0.2, -0.15) is 0 Å². The van der Waals surface area contributed by atoms with E-state index in [9.17, 15) is 19.3 Å².